The lowest BCUT2D eigenvalue weighted by Gasteiger charge is -2.08. The summed E-state index contributed by atoms with van der Waals surface area (Å²) in [6, 6.07) is 3.32. The molecule has 0 unspecified atom stereocenters. The van der Waals surface area contributed by atoms with Crippen LogP contribution >= 0.6 is 0 Å². The van der Waals surface area contributed by atoms with Gasteiger partial charge in [0.05, 0.1) is 17.7 Å². The van der Waals surface area contributed by atoms with Crippen LogP contribution in [-0.4, -0.2) is 11.8 Å². The van der Waals surface area contributed by atoms with Crippen molar-refractivity contribution in [3.8, 4) is 0 Å². The molecule has 0 aromatic heterocycles. The van der Waals surface area contributed by atoms with E-state index < -0.39 is 0 Å². The number of nitrogens with zero attached hydrogens (tertiary/aromatic N) is 3. The number of carbonyl (C=O) groups excluding carboxylic acids is 2. The van der Waals surface area contributed by atoms with Crippen molar-refractivity contribution >= 4 is 11.8 Å². The zero-order valence-corrected chi connectivity index (χ0v) is 9.23. The standard InChI is InChI=1S/C11H10N4O2/c1-2-7-6(5-13-15-12)3-4-8-9(7)11(17)14-10(8)16/h3-4H,2,5H2,1H3,(H,14,16,17). The number of rotatable bonds is 3. The number of fused-ring (bicyclic) bond motifs is 1. The summed E-state index contributed by atoms with van der Waals surface area (Å²) in [5, 5.41) is 5.74. The van der Waals surface area contributed by atoms with Gasteiger partial charge in [-0.15, -0.1) is 0 Å². The molecule has 1 N–H and O–H groups in total. The average molecular weight is 230 g/mol. The van der Waals surface area contributed by atoms with Crippen molar-refractivity contribution in [2.75, 3.05) is 0 Å². The second-order valence-electron chi connectivity index (χ2n) is 3.65. The lowest BCUT2D eigenvalue weighted by Crippen LogP contribution is -2.20. The first-order chi connectivity index (χ1) is 8.19. The van der Waals surface area contributed by atoms with Crippen LogP contribution in [0.25, 0.3) is 10.4 Å². The Morgan fingerprint density at radius 1 is 1.35 bits per heavy atom. The maximum atomic E-state index is 11.6. The summed E-state index contributed by atoms with van der Waals surface area (Å²) < 4.78 is 0. The van der Waals surface area contributed by atoms with Crippen LogP contribution < -0.4 is 5.32 Å². The summed E-state index contributed by atoms with van der Waals surface area (Å²) >= 11 is 0. The second kappa shape index (κ2) is 4.27. The molecule has 6 heteroatoms. The van der Waals surface area contributed by atoms with Gasteiger partial charge in [-0.25, -0.2) is 0 Å². The third kappa shape index (κ3) is 1.74. The molecule has 0 atom stereocenters. The Kier molecular flexibility index (Phi) is 2.80. The minimum Gasteiger partial charge on any atom is -0.288 e. The van der Waals surface area contributed by atoms with Gasteiger partial charge in [0.1, 0.15) is 0 Å². The fraction of sp³-hybridized carbons (Fsp3) is 0.273. The van der Waals surface area contributed by atoms with Crippen molar-refractivity contribution in [2.24, 2.45) is 5.11 Å². The van der Waals surface area contributed by atoms with Crippen molar-refractivity contribution in [1.29, 1.82) is 0 Å². The fourth-order valence-corrected chi connectivity index (χ4v) is 2.03. The number of carbonyl (C=O) groups is 2. The highest BCUT2D eigenvalue weighted by molar-refractivity contribution is 6.22. The number of amides is 2. The minimum atomic E-state index is -0.371. The van der Waals surface area contributed by atoms with Crippen molar-refractivity contribution in [3.05, 3.63) is 44.8 Å². The normalized spacial score (nSPS) is 13.0. The minimum absolute atomic E-state index is 0.189. The first-order valence-corrected chi connectivity index (χ1v) is 5.20. The molecule has 1 heterocycles. The Bertz CT molecular complexity index is 559. The molecule has 0 bridgehead atoms. The molecule has 0 saturated carbocycles. The predicted molar refractivity (Wildman–Crippen MR) is 60.5 cm³/mol. The summed E-state index contributed by atoms with van der Waals surface area (Å²) in [6.07, 6.45) is 0.611. The quantitative estimate of drug-likeness (QED) is 0.371. The Balaban J connectivity index is 2.60. The van der Waals surface area contributed by atoms with E-state index in [-0.39, 0.29) is 18.4 Å². The molecule has 1 aromatic rings. The number of nitrogens with one attached hydrogen (secondary N) is 1. The predicted octanol–water partition coefficient (Wildman–Crippen LogP) is 1.94. The molecule has 0 radical (unpaired) electrons. The van der Waals surface area contributed by atoms with E-state index in [9.17, 15) is 9.59 Å². The Morgan fingerprint density at radius 2 is 2.12 bits per heavy atom. The summed E-state index contributed by atoms with van der Waals surface area (Å²) in [6.45, 7) is 2.08. The third-order valence-corrected chi connectivity index (χ3v) is 2.77. The number of azide groups is 1. The van der Waals surface area contributed by atoms with Gasteiger partial charge in [-0.3, -0.25) is 14.9 Å². The van der Waals surface area contributed by atoms with Crippen LogP contribution in [0.1, 0.15) is 38.8 Å². The molecule has 1 aromatic carbocycles. The van der Waals surface area contributed by atoms with Crippen molar-refractivity contribution in [2.45, 2.75) is 19.9 Å². The first-order valence-electron chi connectivity index (χ1n) is 5.20. The lowest BCUT2D eigenvalue weighted by molar-refractivity contribution is 0.0879. The largest absolute Gasteiger partial charge is 0.288 e. The van der Waals surface area contributed by atoms with Crippen molar-refractivity contribution < 1.29 is 9.59 Å². The average Bonchev–Trinajstić information content (AvgIpc) is 2.62. The molecular formula is C11H10N4O2. The maximum Gasteiger partial charge on any atom is 0.259 e. The zero-order chi connectivity index (χ0) is 12.4. The molecule has 2 amide bonds. The van der Waals surface area contributed by atoms with Crippen LogP contribution in [0.15, 0.2) is 17.2 Å². The molecular weight excluding hydrogens is 220 g/mol. The van der Waals surface area contributed by atoms with Crippen molar-refractivity contribution in [3.63, 3.8) is 0 Å². The van der Waals surface area contributed by atoms with Crippen LogP contribution in [0.3, 0.4) is 0 Å². The third-order valence-electron chi connectivity index (χ3n) is 2.77. The highest BCUT2D eigenvalue weighted by atomic mass is 16.2. The SMILES string of the molecule is CCc1c(CN=[N+]=[N-])ccc2c1C(=O)NC2=O. The van der Waals surface area contributed by atoms with Crippen LogP contribution in [0.4, 0.5) is 0 Å². The molecule has 0 aliphatic carbocycles. The molecule has 1 aliphatic rings. The van der Waals surface area contributed by atoms with E-state index in [1.807, 2.05) is 6.92 Å². The summed E-state index contributed by atoms with van der Waals surface area (Å²) in [7, 11) is 0. The van der Waals surface area contributed by atoms with Gasteiger partial charge in [0, 0.05) is 4.91 Å². The molecule has 1 aliphatic heterocycles. The van der Waals surface area contributed by atoms with Gasteiger partial charge in [0.2, 0.25) is 0 Å². The molecule has 0 spiro atoms. The molecule has 86 valence electrons. The zero-order valence-electron chi connectivity index (χ0n) is 9.23. The van der Waals surface area contributed by atoms with Crippen LogP contribution in [0, 0.1) is 0 Å². The fourth-order valence-electron chi connectivity index (χ4n) is 2.03. The summed E-state index contributed by atoms with van der Waals surface area (Å²) in [5.41, 5.74) is 10.7. The monoisotopic (exact) mass is 230 g/mol. The highest BCUT2D eigenvalue weighted by Crippen LogP contribution is 2.24. The number of hydrogen-bond acceptors (Lipinski definition) is 3. The Labute approximate surface area is 97.3 Å². The number of imide groups is 1. The molecule has 2 rings (SSSR count). The maximum absolute atomic E-state index is 11.6. The molecule has 17 heavy (non-hydrogen) atoms. The lowest BCUT2D eigenvalue weighted by atomic mass is 9.95. The van der Waals surface area contributed by atoms with E-state index in [0.29, 0.717) is 17.5 Å². The molecule has 0 saturated heterocycles. The van der Waals surface area contributed by atoms with Crippen molar-refractivity contribution in [1.82, 2.24) is 5.32 Å². The summed E-state index contributed by atoms with van der Waals surface area (Å²) in [5.74, 6) is -0.736. The number of hydrogen-bond donors (Lipinski definition) is 1. The van der Waals surface area contributed by atoms with E-state index in [1.54, 1.807) is 12.1 Å². The van der Waals surface area contributed by atoms with Gasteiger partial charge in [-0.1, -0.05) is 18.1 Å². The first kappa shape index (κ1) is 11.2. The molecule has 0 fully saturated rings. The van der Waals surface area contributed by atoms with Crippen LogP contribution in [0.2, 0.25) is 0 Å². The van der Waals surface area contributed by atoms with Crippen LogP contribution in [-0.2, 0) is 13.0 Å². The van der Waals surface area contributed by atoms with Gasteiger partial charge in [0.15, 0.2) is 0 Å². The highest BCUT2D eigenvalue weighted by Gasteiger charge is 2.29. The van der Waals surface area contributed by atoms with E-state index >= 15 is 0 Å². The smallest absolute Gasteiger partial charge is 0.259 e. The van der Waals surface area contributed by atoms with Gasteiger partial charge in [-0.05, 0) is 29.1 Å². The topological polar surface area (TPSA) is 94.9 Å². The van der Waals surface area contributed by atoms with E-state index in [4.69, 9.17) is 5.53 Å². The molecule has 6 nitrogen and oxygen atoms in total. The van der Waals surface area contributed by atoms with E-state index in [0.717, 1.165) is 11.1 Å². The number of benzene rings is 1. The summed E-state index contributed by atoms with van der Waals surface area (Å²) in [4.78, 5) is 25.8. The Morgan fingerprint density at radius 3 is 2.76 bits per heavy atom. The van der Waals surface area contributed by atoms with Gasteiger partial charge < -0.3 is 0 Å². The van der Waals surface area contributed by atoms with Gasteiger partial charge >= 0.3 is 0 Å². The van der Waals surface area contributed by atoms with E-state index in [1.165, 1.54) is 0 Å². The van der Waals surface area contributed by atoms with E-state index in [2.05, 4.69) is 15.3 Å². The van der Waals surface area contributed by atoms with Crippen LogP contribution in [0.5, 0.6) is 0 Å². The Hall–Kier alpha value is -2.33. The van der Waals surface area contributed by atoms with Gasteiger partial charge in [0.25, 0.3) is 11.8 Å². The van der Waals surface area contributed by atoms with Gasteiger partial charge in [-0.2, -0.15) is 0 Å². The second-order valence-corrected chi connectivity index (χ2v) is 3.65.